The molecule has 2 aliphatic rings. The molecule has 2 heterocycles. The molecule has 1 atom stereocenters. The van der Waals surface area contributed by atoms with Gasteiger partial charge in [-0.15, -0.1) is 0 Å². The summed E-state index contributed by atoms with van der Waals surface area (Å²) < 4.78 is 13.0. The largest absolute Gasteiger partial charge is 0.356 e. The first kappa shape index (κ1) is 9.13. The Bertz CT molecular complexity index is 362. The molecule has 15 heavy (non-hydrogen) atoms. The third-order valence-corrected chi connectivity index (χ3v) is 3.54. The Kier molecular flexibility index (Phi) is 2.11. The van der Waals surface area contributed by atoms with E-state index in [0.717, 1.165) is 30.7 Å². The Morgan fingerprint density at radius 1 is 1.20 bits per heavy atom. The second-order valence-electron chi connectivity index (χ2n) is 4.65. The first-order chi connectivity index (χ1) is 7.33. The molecule has 3 rings (SSSR count). The summed E-state index contributed by atoms with van der Waals surface area (Å²) in [6, 6.07) is 5.04. The van der Waals surface area contributed by atoms with Crippen molar-refractivity contribution in [3.8, 4) is 0 Å². The normalized spacial score (nSPS) is 25.9. The van der Waals surface area contributed by atoms with E-state index in [1.165, 1.54) is 25.3 Å². The molecule has 1 aromatic heterocycles. The lowest BCUT2D eigenvalue weighted by Gasteiger charge is -2.17. The number of pyridine rings is 1. The molecule has 80 valence electrons. The zero-order valence-electron chi connectivity index (χ0n) is 8.69. The highest BCUT2D eigenvalue weighted by Gasteiger charge is 2.36. The van der Waals surface area contributed by atoms with Crippen LogP contribution in [0.3, 0.4) is 0 Å². The van der Waals surface area contributed by atoms with Crippen molar-refractivity contribution in [1.82, 2.24) is 4.98 Å². The number of anilines is 1. The summed E-state index contributed by atoms with van der Waals surface area (Å²) in [5.41, 5.74) is 0. The van der Waals surface area contributed by atoms with E-state index in [1.54, 1.807) is 6.07 Å². The molecule has 1 unspecified atom stereocenters. The second kappa shape index (κ2) is 3.47. The van der Waals surface area contributed by atoms with Crippen molar-refractivity contribution in [2.75, 3.05) is 18.0 Å². The van der Waals surface area contributed by atoms with Gasteiger partial charge in [0.1, 0.15) is 5.82 Å². The van der Waals surface area contributed by atoms with Gasteiger partial charge in [0.05, 0.1) is 0 Å². The summed E-state index contributed by atoms with van der Waals surface area (Å²) in [5, 5.41) is 0. The van der Waals surface area contributed by atoms with Crippen LogP contribution in [0.25, 0.3) is 0 Å². The van der Waals surface area contributed by atoms with Crippen molar-refractivity contribution in [3.05, 3.63) is 24.1 Å². The van der Waals surface area contributed by atoms with Crippen molar-refractivity contribution < 1.29 is 4.39 Å². The first-order valence-electron chi connectivity index (χ1n) is 5.70. The fraction of sp³-hybridized carbons (Fsp3) is 0.583. The molecule has 0 N–H and O–H groups in total. The van der Waals surface area contributed by atoms with E-state index in [9.17, 15) is 4.39 Å². The van der Waals surface area contributed by atoms with Gasteiger partial charge in [0.2, 0.25) is 5.95 Å². The molecule has 1 saturated carbocycles. The van der Waals surface area contributed by atoms with Crippen LogP contribution >= 0.6 is 0 Å². The van der Waals surface area contributed by atoms with Gasteiger partial charge in [0, 0.05) is 13.1 Å². The van der Waals surface area contributed by atoms with Gasteiger partial charge in [-0.05, 0) is 43.2 Å². The molecule has 1 saturated heterocycles. The zero-order chi connectivity index (χ0) is 10.3. The van der Waals surface area contributed by atoms with Gasteiger partial charge in [-0.1, -0.05) is 6.07 Å². The van der Waals surface area contributed by atoms with Gasteiger partial charge in [-0.3, -0.25) is 0 Å². The fourth-order valence-electron chi connectivity index (χ4n) is 2.52. The minimum atomic E-state index is -0.373. The topological polar surface area (TPSA) is 16.1 Å². The molecule has 1 aromatic rings. The average molecular weight is 206 g/mol. The van der Waals surface area contributed by atoms with Crippen LogP contribution in [0, 0.1) is 17.8 Å². The van der Waals surface area contributed by atoms with Crippen molar-refractivity contribution in [3.63, 3.8) is 0 Å². The molecule has 1 aliphatic carbocycles. The molecule has 0 bridgehead atoms. The van der Waals surface area contributed by atoms with Crippen molar-refractivity contribution in [1.29, 1.82) is 0 Å². The average Bonchev–Trinajstić information content (AvgIpc) is 2.97. The summed E-state index contributed by atoms with van der Waals surface area (Å²) >= 11 is 0. The van der Waals surface area contributed by atoms with Crippen LogP contribution in [-0.2, 0) is 0 Å². The molecule has 0 radical (unpaired) electrons. The van der Waals surface area contributed by atoms with Crippen LogP contribution in [0.2, 0.25) is 0 Å². The van der Waals surface area contributed by atoms with Crippen LogP contribution in [0.15, 0.2) is 18.2 Å². The molecule has 2 nitrogen and oxygen atoms in total. The van der Waals surface area contributed by atoms with E-state index in [-0.39, 0.29) is 5.95 Å². The van der Waals surface area contributed by atoms with Gasteiger partial charge in [0.15, 0.2) is 0 Å². The summed E-state index contributed by atoms with van der Waals surface area (Å²) in [6.45, 7) is 2.11. The van der Waals surface area contributed by atoms with E-state index >= 15 is 0 Å². The number of hydrogen-bond donors (Lipinski definition) is 0. The number of hydrogen-bond acceptors (Lipinski definition) is 2. The number of nitrogens with zero attached hydrogens (tertiary/aromatic N) is 2. The third kappa shape index (κ3) is 1.83. The van der Waals surface area contributed by atoms with Crippen LogP contribution in [0.4, 0.5) is 10.2 Å². The van der Waals surface area contributed by atoms with Crippen LogP contribution in [0.5, 0.6) is 0 Å². The molecule has 2 fully saturated rings. The van der Waals surface area contributed by atoms with Crippen molar-refractivity contribution in [2.24, 2.45) is 11.8 Å². The minimum Gasteiger partial charge on any atom is -0.356 e. The molecule has 1 aliphatic heterocycles. The molecule has 0 aromatic carbocycles. The lowest BCUT2D eigenvalue weighted by Crippen LogP contribution is -2.21. The SMILES string of the molecule is Fc1cccc(N2CCC(C3CC3)C2)n1. The van der Waals surface area contributed by atoms with E-state index < -0.39 is 0 Å². The monoisotopic (exact) mass is 206 g/mol. The summed E-state index contributed by atoms with van der Waals surface area (Å²) in [5.74, 6) is 2.21. The fourth-order valence-corrected chi connectivity index (χ4v) is 2.52. The highest BCUT2D eigenvalue weighted by Crippen LogP contribution is 2.41. The Balaban J connectivity index is 1.72. The summed E-state index contributed by atoms with van der Waals surface area (Å²) in [6.07, 6.45) is 4.05. The molecular weight excluding hydrogens is 191 g/mol. The van der Waals surface area contributed by atoms with Crippen LogP contribution in [-0.4, -0.2) is 18.1 Å². The van der Waals surface area contributed by atoms with Gasteiger partial charge in [0.25, 0.3) is 0 Å². The predicted molar refractivity (Wildman–Crippen MR) is 57.2 cm³/mol. The van der Waals surface area contributed by atoms with Crippen molar-refractivity contribution in [2.45, 2.75) is 19.3 Å². The quantitative estimate of drug-likeness (QED) is 0.691. The number of rotatable bonds is 2. The van der Waals surface area contributed by atoms with E-state index in [2.05, 4.69) is 9.88 Å². The highest BCUT2D eigenvalue weighted by atomic mass is 19.1. The summed E-state index contributed by atoms with van der Waals surface area (Å²) in [7, 11) is 0. The Labute approximate surface area is 89.1 Å². The maximum atomic E-state index is 13.0. The van der Waals surface area contributed by atoms with Gasteiger partial charge in [-0.25, -0.2) is 4.98 Å². The predicted octanol–water partition coefficient (Wildman–Crippen LogP) is 2.46. The molecule has 0 spiro atoms. The number of halogens is 1. The maximum absolute atomic E-state index is 13.0. The smallest absolute Gasteiger partial charge is 0.214 e. The highest BCUT2D eigenvalue weighted by molar-refractivity contribution is 5.39. The molecular formula is C12H15FN2. The molecule has 0 amide bonds. The van der Waals surface area contributed by atoms with Crippen molar-refractivity contribution >= 4 is 5.82 Å². The van der Waals surface area contributed by atoms with E-state index in [0.29, 0.717) is 0 Å². The lowest BCUT2D eigenvalue weighted by atomic mass is 10.0. The first-order valence-corrected chi connectivity index (χ1v) is 5.70. The van der Waals surface area contributed by atoms with Gasteiger partial charge >= 0.3 is 0 Å². The minimum absolute atomic E-state index is 0.373. The van der Waals surface area contributed by atoms with Gasteiger partial charge < -0.3 is 4.90 Å². The number of aromatic nitrogens is 1. The van der Waals surface area contributed by atoms with Crippen LogP contribution < -0.4 is 4.90 Å². The van der Waals surface area contributed by atoms with Crippen LogP contribution in [0.1, 0.15) is 19.3 Å². The van der Waals surface area contributed by atoms with Gasteiger partial charge in [-0.2, -0.15) is 4.39 Å². The maximum Gasteiger partial charge on any atom is 0.214 e. The zero-order valence-corrected chi connectivity index (χ0v) is 8.69. The Morgan fingerprint density at radius 3 is 2.80 bits per heavy atom. The molecule has 3 heteroatoms. The standard InChI is InChI=1S/C12H15FN2/c13-11-2-1-3-12(14-11)15-7-6-10(8-15)9-4-5-9/h1-3,9-10H,4-8H2. The van der Waals surface area contributed by atoms with E-state index in [4.69, 9.17) is 0 Å². The lowest BCUT2D eigenvalue weighted by molar-refractivity contribution is 0.513. The second-order valence-corrected chi connectivity index (χ2v) is 4.65. The van der Waals surface area contributed by atoms with E-state index in [1.807, 2.05) is 6.07 Å². The third-order valence-electron chi connectivity index (χ3n) is 3.54. The Morgan fingerprint density at radius 2 is 2.07 bits per heavy atom. The summed E-state index contributed by atoms with van der Waals surface area (Å²) in [4.78, 5) is 6.14. The Hall–Kier alpha value is -1.12.